The average Bonchev–Trinajstić information content (AvgIpc) is 3.25. The van der Waals surface area contributed by atoms with Crippen LogP contribution in [0.1, 0.15) is 28.6 Å². The maximum Gasteiger partial charge on any atom is 0.220 e. The van der Waals surface area contributed by atoms with Crippen molar-refractivity contribution in [3.05, 3.63) is 70.7 Å². The molecule has 124 valence electrons. The van der Waals surface area contributed by atoms with Crippen LogP contribution in [0.5, 0.6) is 0 Å². The Morgan fingerprint density at radius 2 is 2.17 bits per heavy atom. The van der Waals surface area contributed by atoms with Crippen molar-refractivity contribution in [1.82, 2.24) is 19.9 Å². The first-order valence-corrected chi connectivity index (χ1v) is 8.79. The van der Waals surface area contributed by atoms with Gasteiger partial charge in [-0.15, -0.1) is 11.3 Å². The maximum absolute atomic E-state index is 12.4. The number of thiazole rings is 1. The van der Waals surface area contributed by atoms with Gasteiger partial charge in [-0.2, -0.15) is 0 Å². The number of carbonyl (C=O) groups excluding carboxylic acids is 1. The second kappa shape index (κ2) is 7.88. The highest BCUT2D eigenvalue weighted by Gasteiger charge is 2.15. The molecule has 6 heteroatoms. The predicted molar refractivity (Wildman–Crippen MR) is 94.7 cm³/mol. The molecule has 0 aliphatic heterocycles. The third kappa shape index (κ3) is 4.29. The number of carbonyl (C=O) groups is 1. The summed E-state index contributed by atoms with van der Waals surface area (Å²) in [5.41, 5.74) is 3.94. The third-order valence-electron chi connectivity index (χ3n) is 3.91. The average molecular weight is 340 g/mol. The van der Waals surface area contributed by atoms with Gasteiger partial charge in [-0.25, -0.2) is 9.97 Å². The Kier molecular flexibility index (Phi) is 5.38. The van der Waals surface area contributed by atoms with E-state index in [0.717, 1.165) is 17.7 Å². The second-order valence-electron chi connectivity index (χ2n) is 5.65. The minimum Gasteiger partial charge on any atom is -0.347 e. The van der Waals surface area contributed by atoms with E-state index in [0.29, 0.717) is 13.0 Å². The van der Waals surface area contributed by atoms with Crippen molar-refractivity contribution in [2.75, 3.05) is 0 Å². The summed E-state index contributed by atoms with van der Waals surface area (Å²) >= 11 is 1.61. The van der Waals surface area contributed by atoms with Gasteiger partial charge in [0.05, 0.1) is 23.6 Å². The van der Waals surface area contributed by atoms with Gasteiger partial charge >= 0.3 is 0 Å². The van der Waals surface area contributed by atoms with Crippen LogP contribution < -0.4 is 5.32 Å². The number of rotatable bonds is 7. The Bertz CT molecular complexity index is 767. The van der Waals surface area contributed by atoms with Crippen molar-refractivity contribution in [2.24, 2.45) is 0 Å². The van der Waals surface area contributed by atoms with Crippen LogP contribution in [-0.2, 0) is 17.8 Å². The molecule has 2 heterocycles. The van der Waals surface area contributed by atoms with Crippen LogP contribution in [0.3, 0.4) is 0 Å². The van der Waals surface area contributed by atoms with Gasteiger partial charge in [-0.05, 0) is 18.9 Å². The van der Waals surface area contributed by atoms with Crippen LogP contribution >= 0.6 is 11.3 Å². The summed E-state index contributed by atoms with van der Waals surface area (Å²) in [7, 11) is 0. The number of nitrogens with one attached hydrogen (secondary N) is 1. The summed E-state index contributed by atoms with van der Waals surface area (Å²) in [4.78, 5) is 21.9. The molecule has 0 radical (unpaired) electrons. The molecule has 3 rings (SSSR count). The number of benzene rings is 1. The van der Waals surface area contributed by atoms with E-state index >= 15 is 0 Å². The molecule has 0 spiro atoms. The lowest BCUT2D eigenvalue weighted by molar-refractivity contribution is -0.121. The van der Waals surface area contributed by atoms with Gasteiger partial charge < -0.3 is 9.88 Å². The number of nitrogens with zero attached hydrogens (tertiary/aromatic N) is 3. The van der Waals surface area contributed by atoms with Crippen LogP contribution in [0.4, 0.5) is 0 Å². The molecule has 1 atom stereocenters. The second-order valence-corrected chi connectivity index (χ2v) is 6.59. The Labute approximate surface area is 145 Å². The molecule has 0 fully saturated rings. The molecule has 0 bridgehead atoms. The van der Waals surface area contributed by atoms with E-state index in [1.165, 1.54) is 4.88 Å². The van der Waals surface area contributed by atoms with Gasteiger partial charge in [0.15, 0.2) is 0 Å². The summed E-state index contributed by atoms with van der Waals surface area (Å²) in [6, 6.07) is 9.96. The molecule has 3 aromatic rings. The molecule has 2 aromatic heterocycles. The first-order chi connectivity index (χ1) is 11.7. The van der Waals surface area contributed by atoms with E-state index in [1.54, 1.807) is 23.9 Å². The van der Waals surface area contributed by atoms with Gasteiger partial charge in [0.1, 0.15) is 0 Å². The van der Waals surface area contributed by atoms with E-state index in [1.807, 2.05) is 53.5 Å². The summed E-state index contributed by atoms with van der Waals surface area (Å²) in [6.07, 6.45) is 6.62. The topological polar surface area (TPSA) is 59.8 Å². The van der Waals surface area contributed by atoms with Crippen molar-refractivity contribution < 1.29 is 4.79 Å². The molecular formula is C18H20N4OS. The summed E-state index contributed by atoms with van der Waals surface area (Å²) < 4.78 is 1.98. The number of amides is 1. The zero-order valence-corrected chi connectivity index (χ0v) is 14.4. The Hall–Kier alpha value is -2.47. The minimum atomic E-state index is -0.0737. The smallest absolute Gasteiger partial charge is 0.220 e. The lowest BCUT2D eigenvalue weighted by atomic mass is 10.1. The SMILES string of the molecule is Cc1ncsc1CCC(=O)NC(Cn1ccnc1)c1ccccc1. The molecule has 1 unspecified atom stereocenters. The number of imidazole rings is 1. The molecule has 1 N–H and O–H groups in total. The molecule has 24 heavy (non-hydrogen) atoms. The maximum atomic E-state index is 12.4. The fourth-order valence-electron chi connectivity index (χ4n) is 2.58. The highest BCUT2D eigenvalue weighted by Crippen LogP contribution is 2.17. The standard InChI is InChI=1S/C18H20N4OS/c1-14-17(24-13-20-14)7-8-18(23)21-16(11-22-10-9-19-12-22)15-5-3-2-4-6-15/h2-6,9-10,12-13,16H,7-8,11H2,1H3,(H,21,23). The van der Waals surface area contributed by atoms with Crippen LogP contribution in [0.15, 0.2) is 54.6 Å². The fourth-order valence-corrected chi connectivity index (χ4v) is 3.37. The lowest BCUT2D eigenvalue weighted by Gasteiger charge is -2.20. The van der Waals surface area contributed by atoms with Crippen molar-refractivity contribution in [3.63, 3.8) is 0 Å². The van der Waals surface area contributed by atoms with Gasteiger partial charge in [-0.3, -0.25) is 4.79 Å². The van der Waals surface area contributed by atoms with Crippen molar-refractivity contribution in [3.8, 4) is 0 Å². The summed E-state index contributed by atoms with van der Waals surface area (Å²) in [6.45, 7) is 2.64. The summed E-state index contributed by atoms with van der Waals surface area (Å²) in [5.74, 6) is 0.0526. The molecular weight excluding hydrogens is 320 g/mol. The Morgan fingerprint density at radius 3 is 2.83 bits per heavy atom. The predicted octanol–water partition coefficient (Wildman–Crippen LogP) is 3.14. The van der Waals surface area contributed by atoms with E-state index in [4.69, 9.17) is 0 Å². The third-order valence-corrected chi connectivity index (χ3v) is 4.91. The molecule has 1 amide bonds. The van der Waals surface area contributed by atoms with Gasteiger partial charge in [0.2, 0.25) is 5.91 Å². The lowest BCUT2D eigenvalue weighted by Crippen LogP contribution is -2.31. The Balaban J connectivity index is 1.64. The quantitative estimate of drug-likeness (QED) is 0.719. The van der Waals surface area contributed by atoms with Gasteiger partial charge in [0, 0.05) is 30.2 Å². The highest BCUT2D eigenvalue weighted by atomic mass is 32.1. The zero-order chi connectivity index (χ0) is 16.8. The van der Waals surface area contributed by atoms with E-state index in [-0.39, 0.29) is 11.9 Å². The zero-order valence-electron chi connectivity index (χ0n) is 13.6. The summed E-state index contributed by atoms with van der Waals surface area (Å²) in [5, 5.41) is 3.15. The number of aryl methyl sites for hydroxylation is 2. The van der Waals surface area contributed by atoms with E-state index < -0.39 is 0 Å². The van der Waals surface area contributed by atoms with Crippen molar-refractivity contribution >= 4 is 17.2 Å². The number of hydrogen-bond acceptors (Lipinski definition) is 4. The number of aromatic nitrogens is 3. The monoisotopic (exact) mass is 340 g/mol. The highest BCUT2D eigenvalue weighted by molar-refractivity contribution is 7.09. The van der Waals surface area contributed by atoms with E-state index in [2.05, 4.69) is 15.3 Å². The first-order valence-electron chi connectivity index (χ1n) is 7.91. The van der Waals surface area contributed by atoms with E-state index in [9.17, 15) is 4.79 Å². The molecule has 0 aliphatic carbocycles. The minimum absolute atomic E-state index is 0.0526. The largest absolute Gasteiger partial charge is 0.347 e. The normalized spacial score (nSPS) is 12.0. The van der Waals surface area contributed by atoms with Crippen LogP contribution in [0, 0.1) is 6.92 Å². The fraction of sp³-hybridized carbons (Fsp3) is 0.278. The van der Waals surface area contributed by atoms with Gasteiger partial charge in [0.25, 0.3) is 0 Å². The van der Waals surface area contributed by atoms with Gasteiger partial charge in [-0.1, -0.05) is 30.3 Å². The molecule has 0 aliphatic rings. The number of hydrogen-bond donors (Lipinski definition) is 1. The van der Waals surface area contributed by atoms with Crippen LogP contribution in [-0.4, -0.2) is 20.4 Å². The van der Waals surface area contributed by atoms with Crippen molar-refractivity contribution in [1.29, 1.82) is 0 Å². The molecule has 5 nitrogen and oxygen atoms in total. The van der Waals surface area contributed by atoms with Crippen molar-refractivity contribution in [2.45, 2.75) is 32.4 Å². The first kappa shape index (κ1) is 16.4. The Morgan fingerprint density at radius 1 is 1.33 bits per heavy atom. The molecule has 0 saturated carbocycles. The van der Waals surface area contributed by atoms with Crippen LogP contribution in [0.2, 0.25) is 0 Å². The molecule has 1 aromatic carbocycles. The van der Waals surface area contributed by atoms with Crippen LogP contribution in [0.25, 0.3) is 0 Å². The molecule has 0 saturated heterocycles.